The van der Waals surface area contributed by atoms with Gasteiger partial charge in [0.2, 0.25) is 0 Å². The van der Waals surface area contributed by atoms with Crippen LogP contribution in [0.15, 0.2) is 110 Å². The summed E-state index contributed by atoms with van der Waals surface area (Å²) in [4.78, 5) is 25.3. The third-order valence-corrected chi connectivity index (χ3v) is 9.21. The van der Waals surface area contributed by atoms with Crippen LogP contribution >= 0.6 is 0 Å². The molecule has 2 N–H and O–H groups in total. The number of hydrogen-bond donors (Lipinski definition) is 2. The number of alkyl carbamates (subject to hydrolysis) is 2. The monoisotopic (exact) mass is 648 g/mol. The van der Waals surface area contributed by atoms with Gasteiger partial charge in [0.15, 0.2) is 0 Å². The molecule has 254 valence electrons. The van der Waals surface area contributed by atoms with Gasteiger partial charge >= 0.3 is 12.2 Å². The fraction of sp³-hybridized carbons (Fsp3) is 0.333. The van der Waals surface area contributed by atoms with E-state index < -0.39 is 6.09 Å². The molecule has 0 fully saturated rings. The molecule has 2 aliphatic carbocycles. The summed E-state index contributed by atoms with van der Waals surface area (Å²) in [7, 11) is 0. The zero-order valence-corrected chi connectivity index (χ0v) is 28.6. The first-order chi connectivity index (χ1) is 23.2. The van der Waals surface area contributed by atoms with Crippen LogP contribution in [-0.2, 0) is 9.47 Å². The minimum absolute atomic E-state index is 0. The molecule has 0 aliphatic heterocycles. The van der Waals surface area contributed by atoms with Crippen molar-refractivity contribution in [2.75, 3.05) is 26.3 Å². The zero-order chi connectivity index (χ0) is 34.1. The Bertz CT molecular complexity index is 1650. The van der Waals surface area contributed by atoms with Gasteiger partial charge in [-0.15, -0.1) is 6.58 Å². The van der Waals surface area contributed by atoms with Gasteiger partial charge in [0, 0.05) is 27.8 Å². The van der Waals surface area contributed by atoms with E-state index in [-0.39, 0.29) is 26.2 Å². The van der Waals surface area contributed by atoms with E-state index in [9.17, 15) is 9.59 Å². The molecule has 0 spiro atoms. The highest BCUT2D eigenvalue weighted by Crippen LogP contribution is 2.45. The molecule has 0 saturated carbocycles. The first-order valence-corrected chi connectivity index (χ1v) is 17.0. The Hall–Kier alpha value is -4.84. The minimum Gasteiger partial charge on any atom is -0.449 e. The first-order valence-electron chi connectivity index (χ1n) is 17.0. The molecule has 4 aromatic rings. The Kier molecular flexibility index (Phi) is 11.4. The lowest BCUT2D eigenvalue weighted by Gasteiger charge is -2.28. The lowest BCUT2D eigenvalue weighted by atomic mass is 9.82. The second kappa shape index (κ2) is 15.8. The SMILES string of the molecule is C=CC.CC(CCNC(=O)OCC1c2ccccc2-c2ccccc21)CC(C)(C)CNC(=O)OCC1c2ccccc2-c2ccccc21.[HH].[HH]. The van der Waals surface area contributed by atoms with Crippen molar-refractivity contribution >= 4 is 12.2 Å². The van der Waals surface area contributed by atoms with Crippen molar-refractivity contribution in [1.29, 1.82) is 0 Å². The molecule has 0 bridgehead atoms. The fourth-order valence-corrected chi connectivity index (χ4v) is 7.15. The highest BCUT2D eigenvalue weighted by atomic mass is 16.6. The molecular formula is C42H52N2O4. The Morgan fingerprint density at radius 1 is 0.729 bits per heavy atom. The van der Waals surface area contributed by atoms with Crippen molar-refractivity contribution in [2.24, 2.45) is 11.3 Å². The van der Waals surface area contributed by atoms with Gasteiger partial charge in [0.1, 0.15) is 13.2 Å². The van der Waals surface area contributed by atoms with E-state index in [2.05, 4.69) is 86.5 Å². The quantitative estimate of drug-likeness (QED) is 0.159. The maximum Gasteiger partial charge on any atom is 0.407 e. The van der Waals surface area contributed by atoms with Gasteiger partial charge in [-0.2, -0.15) is 0 Å². The average molecular weight is 649 g/mol. The van der Waals surface area contributed by atoms with Crippen molar-refractivity contribution in [2.45, 2.75) is 52.4 Å². The summed E-state index contributed by atoms with van der Waals surface area (Å²) >= 11 is 0. The van der Waals surface area contributed by atoms with E-state index in [4.69, 9.17) is 9.47 Å². The topological polar surface area (TPSA) is 76.7 Å². The molecule has 48 heavy (non-hydrogen) atoms. The van der Waals surface area contributed by atoms with Crippen molar-refractivity contribution in [3.8, 4) is 22.3 Å². The number of allylic oxidation sites excluding steroid dienone is 1. The van der Waals surface area contributed by atoms with Crippen LogP contribution in [0.1, 0.15) is 77.5 Å². The molecule has 6 rings (SSSR count). The second-order valence-electron chi connectivity index (χ2n) is 13.6. The number of amides is 2. The number of ether oxygens (including phenoxy) is 2. The number of carbonyl (C=O) groups is 2. The molecule has 1 atom stereocenters. The van der Waals surface area contributed by atoms with Crippen molar-refractivity contribution in [1.82, 2.24) is 10.6 Å². The Labute approximate surface area is 288 Å². The Balaban J connectivity index is 0.00000131. The van der Waals surface area contributed by atoms with E-state index in [0.717, 1.165) is 12.8 Å². The fourth-order valence-electron chi connectivity index (χ4n) is 7.15. The molecule has 0 saturated heterocycles. The molecule has 0 heterocycles. The van der Waals surface area contributed by atoms with Crippen molar-refractivity contribution < 1.29 is 21.9 Å². The standard InChI is InChI=1S/C39H42N2O4.C3H6.2H2/c1-26(20-21-40-37(42)44-23-35-31-16-8-4-12-27(31)28-13-5-9-17-32(28)35)22-39(2,3)25-41-38(43)45-24-36-33-18-10-6-14-29(33)30-15-7-11-19-34(30)36;1-3-2;;/h4-19,26,35-36H,20-25H2,1-3H3,(H,40,42)(H,41,43);3H,1H2,2H3;2*1H. The molecule has 2 aliphatic rings. The summed E-state index contributed by atoms with van der Waals surface area (Å²) in [6, 6.07) is 33.3. The van der Waals surface area contributed by atoms with E-state index in [1.165, 1.54) is 44.5 Å². The molecule has 2 amide bonds. The molecule has 4 aromatic carbocycles. The summed E-state index contributed by atoms with van der Waals surface area (Å²) in [6.07, 6.45) is 2.68. The number of hydrogen-bond acceptors (Lipinski definition) is 4. The molecular weight excluding hydrogens is 596 g/mol. The smallest absolute Gasteiger partial charge is 0.407 e. The molecule has 6 nitrogen and oxygen atoms in total. The van der Waals surface area contributed by atoms with Crippen LogP contribution in [0.4, 0.5) is 9.59 Å². The van der Waals surface area contributed by atoms with Crippen LogP contribution in [0.5, 0.6) is 0 Å². The van der Waals surface area contributed by atoms with Crippen molar-refractivity contribution in [3.05, 3.63) is 132 Å². The summed E-state index contributed by atoms with van der Waals surface area (Å²) < 4.78 is 11.4. The summed E-state index contributed by atoms with van der Waals surface area (Å²) in [5.74, 6) is 0.435. The van der Waals surface area contributed by atoms with E-state index >= 15 is 0 Å². The van der Waals surface area contributed by atoms with Gasteiger partial charge in [-0.1, -0.05) is 124 Å². The zero-order valence-electron chi connectivity index (χ0n) is 28.6. The minimum atomic E-state index is -0.394. The molecule has 0 aromatic heterocycles. The normalized spacial score (nSPS) is 13.5. The van der Waals surface area contributed by atoms with Crippen LogP contribution in [0.3, 0.4) is 0 Å². The number of benzene rings is 4. The van der Waals surface area contributed by atoms with Gasteiger partial charge in [0.05, 0.1) is 0 Å². The van der Waals surface area contributed by atoms with Crippen LogP contribution in [0.25, 0.3) is 22.3 Å². The highest BCUT2D eigenvalue weighted by molar-refractivity contribution is 5.80. The largest absolute Gasteiger partial charge is 0.449 e. The Morgan fingerprint density at radius 3 is 1.48 bits per heavy atom. The van der Waals surface area contributed by atoms with Gasteiger partial charge in [-0.05, 0) is 75.6 Å². The summed E-state index contributed by atoms with van der Waals surface area (Å²) in [5, 5.41) is 5.91. The van der Waals surface area contributed by atoms with Crippen LogP contribution in [0.2, 0.25) is 0 Å². The number of carbonyl (C=O) groups excluding carboxylic acids is 2. The summed E-state index contributed by atoms with van der Waals surface area (Å²) in [5.41, 5.74) is 9.53. The maximum absolute atomic E-state index is 12.7. The molecule has 0 radical (unpaired) electrons. The van der Waals surface area contributed by atoms with Crippen LogP contribution in [0, 0.1) is 11.3 Å². The Morgan fingerprint density at radius 2 is 1.08 bits per heavy atom. The predicted molar refractivity (Wildman–Crippen MR) is 198 cm³/mol. The summed E-state index contributed by atoms with van der Waals surface area (Å²) in [6.45, 7) is 13.4. The average Bonchev–Trinajstić information content (AvgIpc) is 3.58. The number of rotatable bonds is 11. The lowest BCUT2D eigenvalue weighted by Crippen LogP contribution is -2.36. The molecule has 6 heteroatoms. The van der Waals surface area contributed by atoms with Gasteiger partial charge < -0.3 is 20.1 Å². The third-order valence-electron chi connectivity index (χ3n) is 9.21. The third kappa shape index (κ3) is 8.17. The predicted octanol–water partition coefficient (Wildman–Crippen LogP) is 10.2. The lowest BCUT2D eigenvalue weighted by molar-refractivity contribution is 0.135. The van der Waals surface area contributed by atoms with E-state index in [0.29, 0.717) is 32.2 Å². The first kappa shape index (κ1) is 34.5. The second-order valence-corrected chi connectivity index (χ2v) is 13.6. The van der Waals surface area contributed by atoms with Crippen LogP contribution in [-0.4, -0.2) is 38.5 Å². The molecule has 1 unspecified atom stereocenters. The van der Waals surface area contributed by atoms with Gasteiger partial charge in [-0.25, -0.2) is 9.59 Å². The van der Waals surface area contributed by atoms with Gasteiger partial charge in [-0.3, -0.25) is 0 Å². The maximum atomic E-state index is 12.7. The number of fused-ring (bicyclic) bond motifs is 6. The van der Waals surface area contributed by atoms with Crippen LogP contribution < -0.4 is 10.6 Å². The highest BCUT2D eigenvalue weighted by Gasteiger charge is 2.30. The number of nitrogens with one attached hydrogen (secondary N) is 2. The van der Waals surface area contributed by atoms with Gasteiger partial charge in [0.25, 0.3) is 0 Å². The van der Waals surface area contributed by atoms with Crippen molar-refractivity contribution in [3.63, 3.8) is 0 Å². The van der Waals surface area contributed by atoms with E-state index in [1.807, 2.05) is 55.5 Å². The van der Waals surface area contributed by atoms with E-state index in [1.54, 1.807) is 6.08 Å².